The van der Waals surface area contributed by atoms with E-state index in [2.05, 4.69) is 29.2 Å². The van der Waals surface area contributed by atoms with Gasteiger partial charge in [0.1, 0.15) is 0 Å². The number of amides is 2. The van der Waals surface area contributed by atoms with Gasteiger partial charge in [0.15, 0.2) is 0 Å². The first kappa shape index (κ1) is 18.5. The van der Waals surface area contributed by atoms with Gasteiger partial charge in [-0.3, -0.25) is 10.1 Å². The Morgan fingerprint density at radius 3 is 2.24 bits per heavy atom. The van der Waals surface area contributed by atoms with Gasteiger partial charge in [0.2, 0.25) is 5.91 Å². The number of methoxy groups -OCH3 is 1. The van der Waals surface area contributed by atoms with Crippen molar-refractivity contribution in [3.63, 3.8) is 0 Å². The van der Waals surface area contributed by atoms with Gasteiger partial charge in [-0.05, 0) is 29.7 Å². The molecule has 0 aliphatic rings. The van der Waals surface area contributed by atoms with Crippen LogP contribution in [0.4, 0.5) is 16.2 Å². The highest BCUT2D eigenvalue weighted by Crippen LogP contribution is 2.28. The van der Waals surface area contributed by atoms with Gasteiger partial charge >= 0.3 is 6.09 Å². The molecule has 0 aliphatic carbocycles. The third kappa shape index (κ3) is 5.08. The van der Waals surface area contributed by atoms with Crippen molar-refractivity contribution in [3.8, 4) is 0 Å². The number of benzene rings is 2. The number of hydrogen-bond donors (Lipinski definition) is 2. The van der Waals surface area contributed by atoms with Crippen LogP contribution in [-0.4, -0.2) is 19.1 Å². The van der Waals surface area contributed by atoms with E-state index < -0.39 is 6.09 Å². The van der Waals surface area contributed by atoms with Gasteiger partial charge < -0.3 is 10.1 Å². The maximum atomic E-state index is 12.9. The number of carbonyl (C=O) groups excluding carboxylic acids is 2. The van der Waals surface area contributed by atoms with E-state index in [1.165, 1.54) is 7.11 Å². The fourth-order valence-electron chi connectivity index (χ4n) is 2.70. The van der Waals surface area contributed by atoms with Gasteiger partial charge in [0.25, 0.3) is 0 Å². The van der Waals surface area contributed by atoms with Gasteiger partial charge in [-0.25, -0.2) is 4.79 Å². The zero-order valence-electron chi connectivity index (χ0n) is 14.8. The second kappa shape index (κ2) is 8.87. The molecule has 0 spiro atoms. The maximum absolute atomic E-state index is 12.9. The number of anilines is 2. The van der Waals surface area contributed by atoms with Crippen LogP contribution in [-0.2, 0) is 9.53 Å². The molecule has 0 saturated heterocycles. The van der Waals surface area contributed by atoms with Crippen LogP contribution in [0.3, 0.4) is 0 Å². The van der Waals surface area contributed by atoms with Crippen molar-refractivity contribution in [2.24, 2.45) is 5.92 Å². The van der Waals surface area contributed by atoms with Crippen molar-refractivity contribution in [2.75, 3.05) is 17.7 Å². The average Bonchev–Trinajstić information content (AvgIpc) is 2.62. The van der Waals surface area contributed by atoms with Crippen LogP contribution in [0.5, 0.6) is 0 Å². The van der Waals surface area contributed by atoms with Crippen molar-refractivity contribution in [1.29, 1.82) is 0 Å². The monoisotopic (exact) mass is 340 g/mol. The zero-order valence-corrected chi connectivity index (χ0v) is 14.8. The molecule has 2 rings (SSSR count). The molecular weight excluding hydrogens is 316 g/mol. The summed E-state index contributed by atoms with van der Waals surface area (Å²) in [5.74, 6) is -0.0852. The Morgan fingerprint density at radius 2 is 1.64 bits per heavy atom. The molecule has 2 aromatic carbocycles. The third-order valence-corrected chi connectivity index (χ3v) is 4.22. The topological polar surface area (TPSA) is 67.4 Å². The second-order valence-corrected chi connectivity index (χ2v) is 5.96. The van der Waals surface area contributed by atoms with Gasteiger partial charge in [-0.1, -0.05) is 56.7 Å². The summed E-state index contributed by atoms with van der Waals surface area (Å²) in [5.41, 5.74) is 2.19. The van der Waals surface area contributed by atoms with Gasteiger partial charge in [-0.15, -0.1) is 0 Å². The minimum absolute atomic E-state index is 0.0595. The smallest absolute Gasteiger partial charge is 0.411 e. The van der Waals surface area contributed by atoms with Crippen molar-refractivity contribution in [2.45, 2.75) is 26.2 Å². The standard InChI is InChI=1S/C20H24N2O3/c1-4-14(2)18(15-9-6-5-7-10-15)19(23)21-16-11-8-12-17(13-16)22-20(24)25-3/h5-14,18H,4H2,1-3H3,(H,21,23)(H,22,24). The lowest BCUT2D eigenvalue weighted by molar-refractivity contribution is -0.118. The predicted molar refractivity (Wildman–Crippen MR) is 99.7 cm³/mol. The minimum Gasteiger partial charge on any atom is -0.453 e. The molecule has 2 amide bonds. The zero-order chi connectivity index (χ0) is 18.2. The lowest BCUT2D eigenvalue weighted by atomic mass is 9.85. The van der Waals surface area contributed by atoms with Gasteiger partial charge in [0.05, 0.1) is 13.0 Å². The van der Waals surface area contributed by atoms with E-state index in [0.29, 0.717) is 11.4 Å². The quantitative estimate of drug-likeness (QED) is 0.805. The summed E-state index contributed by atoms with van der Waals surface area (Å²) in [4.78, 5) is 24.2. The average molecular weight is 340 g/mol. The molecule has 0 aromatic heterocycles. The Balaban J connectivity index is 2.18. The lowest BCUT2D eigenvalue weighted by Crippen LogP contribution is -2.26. The Kier molecular flexibility index (Phi) is 6.57. The SMILES string of the molecule is CCC(C)C(C(=O)Nc1cccc(NC(=O)OC)c1)c1ccccc1. The molecule has 132 valence electrons. The molecular formula is C20H24N2O3. The number of rotatable bonds is 6. The Bertz CT molecular complexity index is 716. The number of hydrogen-bond acceptors (Lipinski definition) is 3. The summed E-state index contributed by atoms with van der Waals surface area (Å²) >= 11 is 0. The first-order chi connectivity index (χ1) is 12.0. The molecule has 2 atom stereocenters. The highest BCUT2D eigenvalue weighted by Gasteiger charge is 2.25. The highest BCUT2D eigenvalue weighted by atomic mass is 16.5. The molecule has 0 fully saturated rings. The van der Waals surface area contributed by atoms with Crippen LogP contribution in [0.2, 0.25) is 0 Å². The summed E-state index contributed by atoms with van der Waals surface area (Å²) in [6.07, 6.45) is 0.349. The van der Waals surface area contributed by atoms with Crippen molar-refractivity contribution < 1.29 is 14.3 Å². The van der Waals surface area contributed by atoms with Crippen molar-refractivity contribution in [3.05, 3.63) is 60.2 Å². The highest BCUT2D eigenvalue weighted by molar-refractivity contribution is 5.97. The van der Waals surface area contributed by atoms with E-state index in [0.717, 1.165) is 12.0 Å². The Hall–Kier alpha value is -2.82. The third-order valence-electron chi connectivity index (χ3n) is 4.22. The molecule has 25 heavy (non-hydrogen) atoms. The first-order valence-corrected chi connectivity index (χ1v) is 8.36. The number of ether oxygens (including phenoxy) is 1. The van der Waals surface area contributed by atoms with Crippen molar-refractivity contribution in [1.82, 2.24) is 0 Å². The van der Waals surface area contributed by atoms with Gasteiger partial charge in [0, 0.05) is 11.4 Å². The summed E-state index contributed by atoms with van der Waals surface area (Å²) in [6, 6.07) is 16.8. The molecule has 5 nitrogen and oxygen atoms in total. The van der Waals surface area contributed by atoms with E-state index in [9.17, 15) is 9.59 Å². The maximum Gasteiger partial charge on any atom is 0.411 e. The molecule has 0 aliphatic heterocycles. The molecule has 2 unspecified atom stereocenters. The molecule has 2 aromatic rings. The van der Waals surface area contributed by atoms with Crippen LogP contribution < -0.4 is 10.6 Å². The summed E-state index contributed by atoms with van der Waals surface area (Å²) in [6.45, 7) is 4.15. The van der Waals surface area contributed by atoms with Crippen LogP contribution in [0.25, 0.3) is 0 Å². The van der Waals surface area contributed by atoms with E-state index in [-0.39, 0.29) is 17.7 Å². The molecule has 0 bridgehead atoms. The van der Waals surface area contributed by atoms with Crippen molar-refractivity contribution >= 4 is 23.4 Å². The Labute approximate surface area is 148 Å². The fourth-order valence-corrected chi connectivity index (χ4v) is 2.70. The summed E-state index contributed by atoms with van der Waals surface area (Å²) < 4.78 is 4.58. The van der Waals surface area contributed by atoms with Crippen LogP contribution >= 0.6 is 0 Å². The predicted octanol–water partition coefficient (Wildman–Crippen LogP) is 4.63. The Morgan fingerprint density at radius 1 is 1.00 bits per heavy atom. The summed E-state index contributed by atoms with van der Waals surface area (Å²) in [5, 5.41) is 5.54. The molecule has 2 N–H and O–H groups in total. The molecule has 0 radical (unpaired) electrons. The summed E-state index contributed by atoms with van der Waals surface area (Å²) in [7, 11) is 1.30. The number of nitrogens with one attached hydrogen (secondary N) is 2. The second-order valence-electron chi connectivity index (χ2n) is 5.96. The normalized spacial score (nSPS) is 12.8. The first-order valence-electron chi connectivity index (χ1n) is 8.36. The molecule has 0 saturated carbocycles. The number of carbonyl (C=O) groups is 2. The van der Waals surface area contributed by atoms with Crippen LogP contribution in [0.1, 0.15) is 31.7 Å². The van der Waals surface area contributed by atoms with E-state index in [1.807, 2.05) is 30.3 Å². The largest absolute Gasteiger partial charge is 0.453 e. The van der Waals surface area contributed by atoms with E-state index in [1.54, 1.807) is 24.3 Å². The van der Waals surface area contributed by atoms with Gasteiger partial charge in [-0.2, -0.15) is 0 Å². The minimum atomic E-state index is -0.551. The van der Waals surface area contributed by atoms with E-state index >= 15 is 0 Å². The van der Waals surface area contributed by atoms with Crippen LogP contribution in [0.15, 0.2) is 54.6 Å². The fraction of sp³-hybridized carbons (Fsp3) is 0.300. The van der Waals surface area contributed by atoms with Crippen LogP contribution in [0, 0.1) is 5.92 Å². The lowest BCUT2D eigenvalue weighted by Gasteiger charge is -2.23. The molecule has 0 heterocycles. The molecule has 5 heteroatoms. The van der Waals surface area contributed by atoms with E-state index in [4.69, 9.17) is 0 Å².